The van der Waals surface area contributed by atoms with Gasteiger partial charge in [-0.15, -0.1) is 0 Å². The van der Waals surface area contributed by atoms with E-state index in [1.807, 2.05) is 30.3 Å². The van der Waals surface area contributed by atoms with Gasteiger partial charge in [0.05, 0.1) is 26.6 Å². The minimum atomic E-state index is -0.443. The number of hydrogen-bond acceptors (Lipinski definition) is 5. The van der Waals surface area contributed by atoms with Crippen LogP contribution in [0.5, 0.6) is 0 Å². The second kappa shape index (κ2) is 6.70. The van der Waals surface area contributed by atoms with Gasteiger partial charge in [0.15, 0.2) is 0 Å². The smallest absolute Gasteiger partial charge is 0.330 e. The largest absolute Gasteiger partial charge is 0.467 e. The molecule has 1 amide bonds. The molecule has 20 heavy (non-hydrogen) atoms. The fourth-order valence-corrected chi connectivity index (χ4v) is 1.90. The summed E-state index contributed by atoms with van der Waals surface area (Å²) in [6.45, 7) is 0.635. The Morgan fingerprint density at radius 3 is 2.85 bits per heavy atom. The number of esters is 1. The van der Waals surface area contributed by atoms with E-state index >= 15 is 0 Å². The van der Waals surface area contributed by atoms with Crippen molar-refractivity contribution in [2.24, 2.45) is 4.99 Å². The molecule has 0 aromatic heterocycles. The van der Waals surface area contributed by atoms with Crippen LogP contribution in [-0.4, -0.2) is 44.0 Å². The molecule has 1 heterocycles. The van der Waals surface area contributed by atoms with Crippen LogP contribution in [0, 0.1) is 0 Å². The number of amidine groups is 1. The molecule has 0 fully saturated rings. The number of carbonyl (C=O) groups is 2. The quantitative estimate of drug-likeness (QED) is 0.735. The van der Waals surface area contributed by atoms with Gasteiger partial charge >= 0.3 is 5.97 Å². The summed E-state index contributed by atoms with van der Waals surface area (Å²) in [5.41, 5.74) is 0.957. The van der Waals surface area contributed by atoms with E-state index in [9.17, 15) is 9.59 Å². The van der Waals surface area contributed by atoms with Crippen molar-refractivity contribution in [2.45, 2.75) is 12.5 Å². The molecule has 1 aliphatic rings. The first-order chi connectivity index (χ1) is 9.69. The lowest BCUT2D eigenvalue weighted by molar-refractivity contribution is -0.142. The van der Waals surface area contributed by atoms with Gasteiger partial charge in [-0.3, -0.25) is 9.79 Å². The van der Waals surface area contributed by atoms with E-state index in [0.29, 0.717) is 25.3 Å². The van der Waals surface area contributed by atoms with Crippen molar-refractivity contribution in [3.63, 3.8) is 0 Å². The second-order valence-corrected chi connectivity index (χ2v) is 4.45. The first kappa shape index (κ1) is 14.0. The average molecular weight is 275 g/mol. The molecule has 0 aliphatic carbocycles. The minimum absolute atomic E-state index is 0.0813. The summed E-state index contributed by atoms with van der Waals surface area (Å²) in [6.07, 6.45) is 0.328. The fourth-order valence-electron chi connectivity index (χ4n) is 1.90. The molecule has 0 spiro atoms. The first-order valence-corrected chi connectivity index (χ1v) is 6.37. The predicted molar refractivity (Wildman–Crippen MR) is 74.4 cm³/mol. The van der Waals surface area contributed by atoms with Gasteiger partial charge < -0.3 is 15.4 Å². The molecule has 0 bridgehead atoms. The SMILES string of the molecule is COC(=O)[C@@H]1CN=C(CNC(=O)Cc2ccccc2)N1. The van der Waals surface area contributed by atoms with Gasteiger partial charge in [-0.25, -0.2) is 4.79 Å². The molecule has 6 heteroatoms. The molecule has 0 unspecified atom stereocenters. The third kappa shape index (κ3) is 3.81. The van der Waals surface area contributed by atoms with Crippen LogP contribution in [0.25, 0.3) is 0 Å². The molecule has 1 aromatic carbocycles. The number of hydrogen-bond donors (Lipinski definition) is 2. The maximum atomic E-state index is 11.8. The van der Waals surface area contributed by atoms with Crippen LogP contribution in [0.1, 0.15) is 5.56 Å². The van der Waals surface area contributed by atoms with Crippen molar-refractivity contribution in [3.8, 4) is 0 Å². The number of rotatable bonds is 5. The molecule has 1 atom stereocenters. The summed E-state index contributed by atoms with van der Waals surface area (Å²) in [5.74, 6) is 0.170. The van der Waals surface area contributed by atoms with Crippen LogP contribution in [0.4, 0.5) is 0 Å². The van der Waals surface area contributed by atoms with Crippen LogP contribution in [0.15, 0.2) is 35.3 Å². The first-order valence-electron chi connectivity index (χ1n) is 6.37. The lowest BCUT2D eigenvalue weighted by Crippen LogP contribution is -2.42. The normalized spacial score (nSPS) is 17.1. The van der Waals surface area contributed by atoms with Crippen molar-refractivity contribution in [3.05, 3.63) is 35.9 Å². The summed E-state index contributed by atoms with van der Waals surface area (Å²) < 4.78 is 4.62. The highest BCUT2D eigenvalue weighted by Gasteiger charge is 2.24. The van der Waals surface area contributed by atoms with Crippen LogP contribution < -0.4 is 10.6 Å². The number of aliphatic imine (C=N–C) groups is 1. The van der Waals surface area contributed by atoms with Crippen LogP contribution in [0.2, 0.25) is 0 Å². The molecule has 0 saturated carbocycles. The van der Waals surface area contributed by atoms with Crippen molar-refractivity contribution in [1.82, 2.24) is 10.6 Å². The molecular formula is C14H17N3O3. The molecular weight excluding hydrogens is 258 g/mol. The number of methoxy groups -OCH3 is 1. The molecule has 1 aliphatic heterocycles. The standard InChI is InChI=1S/C14H17N3O3/c1-20-14(19)11-8-15-12(17-11)9-16-13(18)7-10-5-3-2-4-6-10/h2-6,11H,7-9H2,1H3,(H,15,17)(H,16,18)/t11-/m0/s1. The Kier molecular flexibility index (Phi) is 4.70. The minimum Gasteiger partial charge on any atom is -0.467 e. The van der Waals surface area contributed by atoms with Crippen LogP contribution in [-0.2, 0) is 20.7 Å². The third-order valence-electron chi connectivity index (χ3n) is 2.95. The average Bonchev–Trinajstić information content (AvgIpc) is 2.94. The van der Waals surface area contributed by atoms with E-state index in [0.717, 1.165) is 5.56 Å². The van der Waals surface area contributed by atoms with Gasteiger partial charge in [0.25, 0.3) is 0 Å². The number of carbonyl (C=O) groups excluding carboxylic acids is 2. The van der Waals surface area contributed by atoms with Crippen LogP contribution >= 0.6 is 0 Å². The van der Waals surface area contributed by atoms with E-state index in [2.05, 4.69) is 20.4 Å². The van der Waals surface area contributed by atoms with Gasteiger partial charge in [-0.1, -0.05) is 30.3 Å². The molecule has 0 saturated heterocycles. The topological polar surface area (TPSA) is 79.8 Å². The number of benzene rings is 1. The summed E-state index contributed by atoms with van der Waals surface area (Å²) in [5, 5.41) is 5.69. The fraction of sp³-hybridized carbons (Fsp3) is 0.357. The monoisotopic (exact) mass is 275 g/mol. The molecule has 2 rings (SSSR count). The van der Waals surface area contributed by atoms with Crippen molar-refractivity contribution in [2.75, 3.05) is 20.2 Å². The highest BCUT2D eigenvalue weighted by atomic mass is 16.5. The van der Waals surface area contributed by atoms with Gasteiger partial charge in [0.2, 0.25) is 5.91 Å². The Balaban J connectivity index is 1.74. The molecule has 106 valence electrons. The Morgan fingerprint density at radius 2 is 2.15 bits per heavy atom. The Bertz CT molecular complexity index is 514. The Morgan fingerprint density at radius 1 is 1.40 bits per heavy atom. The van der Waals surface area contributed by atoms with Crippen LogP contribution in [0.3, 0.4) is 0 Å². The third-order valence-corrected chi connectivity index (χ3v) is 2.95. The number of ether oxygens (including phenoxy) is 1. The number of amides is 1. The molecule has 6 nitrogen and oxygen atoms in total. The zero-order valence-corrected chi connectivity index (χ0v) is 11.3. The summed E-state index contributed by atoms with van der Waals surface area (Å²) in [4.78, 5) is 27.2. The maximum Gasteiger partial charge on any atom is 0.330 e. The Labute approximate surface area is 117 Å². The lowest BCUT2D eigenvalue weighted by atomic mass is 10.1. The summed E-state index contributed by atoms with van der Waals surface area (Å²) >= 11 is 0. The van der Waals surface area contributed by atoms with E-state index in [1.165, 1.54) is 7.11 Å². The second-order valence-electron chi connectivity index (χ2n) is 4.45. The van der Waals surface area contributed by atoms with E-state index < -0.39 is 6.04 Å². The van der Waals surface area contributed by atoms with Gasteiger partial charge in [0.1, 0.15) is 11.9 Å². The highest BCUT2D eigenvalue weighted by Crippen LogP contribution is 2.00. The van der Waals surface area contributed by atoms with E-state index in [-0.39, 0.29) is 11.9 Å². The lowest BCUT2D eigenvalue weighted by Gasteiger charge is -2.10. The van der Waals surface area contributed by atoms with E-state index in [4.69, 9.17) is 0 Å². The summed E-state index contributed by atoms with van der Waals surface area (Å²) in [6, 6.07) is 9.06. The van der Waals surface area contributed by atoms with Crippen molar-refractivity contribution in [1.29, 1.82) is 0 Å². The highest BCUT2D eigenvalue weighted by molar-refractivity contribution is 5.94. The zero-order chi connectivity index (χ0) is 14.4. The van der Waals surface area contributed by atoms with Gasteiger partial charge in [-0.2, -0.15) is 0 Å². The predicted octanol–water partition coefficient (Wildman–Crippen LogP) is -0.111. The maximum absolute atomic E-state index is 11.8. The van der Waals surface area contributed by atoms with E-state index in [1.54, 1.807) is 0 Å². The summed E-state index contributed by atoms with van der Waals surface area (Å²) in [7, 11) is 1.34. The molecule has 0 radical (unpaired) electrons. The molecule has 1 aromatic rings. The van der Waals surface area contributed by atoms with Crippen molar-refractivity contribution >= 4 is 17.7 Å². The number of nitrogens with zero attached hydrogens (tertiary/aromatic N) is 1. The Hall–Kier alpha value is -2.37. The zero-order valence-electron chi connectivity index (χ0n) is 11.3. The number of nitrogens with one attached hydrogen (secondary N) is 2. The van der Waals surface area contributed by atoms with Gasteiger partial charge in [0, 0.05) is 0 Å². The molecule has 2 N–H and O–H groups in total. The van der Waals surface area contributed by atoms with Crippen molar-refractivity contribution < 1.29 is 14.3 Å². The van der Waals surface area contributed by atoms with Gasteiger partial charge in [-0.05, 0) is 5.56 Å².